The van der Waals surface area contributed by atoms with E-state index in [2.05, 4.69) is 48.4 Å². The molecule has 0 radical (unpaired) electrons. The lowest BCUT2D eigenvalue weighted by molar-refractivity contribution is 0.421. The summed E-state index contributed by atoms with van der Waals surface area (Å²) < 4.78 is 5.36. The summed E-state index contributed by atoms with van der Waals surface area (Å²) in [6.07, 6.45) is 0.782. The largest absolute Gasteiger partial charge is 0.334 e. The molecule has 1 aromatic carbocycles. The Kier molecular flexibility index (Phi) is 3.77. The number of nitrogens with zero attached hydrogens (tertiary/aromatic N) is 2. The standard InChI is InChI=1S/C14H19N3O/c1-9-7-10(2)13(11(3)8-9)14-16-12(17-18-14)5-6-15-4/h7-8,15H,5-6H2,1-4H3. The Hall–Kier alpha value is -1.68. The number of aryl methyl sites for hydroxylation is 3. The number of benzene rings is 1. The molecule has 0 fully saturated rings. The van der Waals surface area contributed by atoms with Crippen LogP contribution in [0.3, 0.4) is 0 Å². The molecule has 0 aliphatic heterocycles. The monoisotopic (exact) mass is 245 g/mol. The topological polar surface area (TPSA) is 51.0 Å². The minimum absolute atomic E-state index is 0.621. The molecule has 4 nitrogen and oxygen atoms in total. The van der Waals surface area contributed by atoms with Crippen molar-refractivity contribution >= 4 is 0 Å². The Morgan fingerprint density at radius 1 is 1.17 bits per heavy atom. The Labute approximate surface area is 107 Å². The second kappa shape index (κ2) is 5.31. The van der Waals surface area contributed by atoms with Gasteiger partial charge in [-0.05, 0) is 38.9 Å². The number of nitrogens with one attached hydrogen (secondary N) is 1. The highest BCUT2D eigenvalue weighted by molar-refractivity contribution is 5.63. The van der Waals surface area contributed by atoms with Crippen LogP contribution < -0.4 is 5.32 Å². The van der Waals surface area contributed by atoms with Gasteiger partial charge in [-0.15, -0.1) is 0 Å². The number of likely N-dealkylation sites (N-methyl/N-ethyl adjacent to an activating group) is 1. The zero-order valence-corrected chi connectivity index (χ0v) is 11.4. The first kappa shape index (κ1) is 12.8. The normalized spacial score (nSPS) is 10.9. The minimum atomic E-state index is 0.621. The first-order valence-corrected chi connectivity index (χ1v) is 6.17. The molecule has 0 spiro atoms. The predicted molar refractivity (Wildman–Crippen MR) is 71.6 cm³/mol. The van der Waals surface area contributed by atoms with Gasteiger partial charge in [0.2, 0.25) is 0 Å². The van der Waals surface area contributed by atoms with Crippen molar-refractivity contribution in [3.8, 4) is 11.5 Å². The van der Waals surface area contributed by atoms with Crippen molar-refractivity contribution in [2.24, 2.45) is 0 Å². The first-order chi connectivity index (χ1) is 8.61. The van der Waals surface area contributed by atoms with Gasteiger partial charge >= 0.3 is 0 Å². The second-order valence-corrected chi connectivity index (χ2v) is 4.64. The second-order valence-electron chi connectivity index (χ2n) is 4.64. The Morgan fingerprint density at radius 2 is 1.83 bits per heavy atom. The Balaban J connectivity index is 2.34. The summed E-state index contributed by atoms with van der Waals surface area (Å²) in [5.74, 6) is 1.37. The zero-order chi connectivity index (χ0) is 13.1. The molecule has 96 valence electrons. The Morgan fingerprint density at radius 3 is 2.44 bits per heavy atom. The highest BCUT2D eigenvalue weighted by atomic mass is 16.5. The average Bonchev–Trinajstić information content (AvgIpc) is 2.73. The summed E-state index contributed by atoms with van der Waals surface area (Å²) in [6, 6.07) is 4.28. The molecule has 0 aliphatic carbocycles. The quantitative estimate of drug-likeness (QED) is 0.898. The fourth-order valence-electron chi connectivity index (χ4n) is 2.21. The van der Waals surface area contributed by atoms with Crippen molar-refractivity contribution in [3.05, 3.63) is 34.6 Å². The van der Waals surface area contributed by atoms with Gasteiger partial charge in [-0.2, -0.15) is 4.98 Å². The van der Waals surface area contributed by atoms with E-state index in [1.165, 1.54) is 16.7 Å². The molecule has 0 amide bonds. The van der Waals surface area contributed by atoms with Crippen LogP contribution in [0.1, 0.15) is 22.5 Å². The SMILES string of the molecule is CNCCc1noc(-c2c(C)cc(C)cc2C)n1. The average molecular weight is 245 g/mol. The van der Waals surface area contributed by atoms with E-state index in [-0.39, 0.29) is 0 Å². The van der Waals surface area contributed by atoms with Gasteiger partial charge in [-0.3, -0.25) is 0 Å². The van der Waals surface area contributed by atoms with Crippen LogP contribution in [0.2, 0.25) is 0 Å². The summed E-state index contributed by atoms with van der Waals surface area (Å²) in [7, 11) is 1.91. The number of hydrogen-bond acceptors (Lipinski definition) is 4. The van der Waals surface area contributed by atoms with E-state index < -0.39 is 0 Å². The van der Waals surface area contributed by atoms with E-state index in [0.29, 0.717) is 5.89 Å². The van der Waals surface area contributed by atoms with Crippen molar-refractivity contribution in [3.63, 3.8) is 0 Å². The summed E-state index contributed by atoms with van der Waals surface area (Å²) in [4.78, 5) is 4.45. The van der Waals surface area contributed by atoms with E-state index in [9.17, 15) is 0 Å². The molecule has 0 bridgehead atoms. The van der Waals surface area contributed by atoms with Crippen LogP contribution >= 0.6 is 0 Å². The van der Waals surface area contributed by atoms with E-state index in [0.717, 1.165) is 24.4 Å². The maximum Gasteiger partial charge on any atom is 0.258 e. The summed E-state index contributed by atoms with van der Waals surface area (Å²) in [6.45, 7) is 7.10. The molecule has 1 N–H and O–H groups in total. The Bertz CT molecular complexity index is 523. The number of aromatic nitrogens is 2. The van der Waals surface area contributed by atoms with Gasteiger partial charge in [0.25, 0.3) is 5.89 Å². The van der Waals surface area contributed by atoms with E-state index in [1.54, 1.807) is 0 Å². The van der Waals surface area contributed by atoms with Gasteiger partial charge in [0.05, 0.1) is 0 Å². The molecule has 0 saturated carbocycles. The van der Waals surface area contributed by atoms with E-state index in [4.69, 9.17) is 4.52 Å². The first-order valence-electron chi connectivity index (χ1n) is 6.17. The molecular weight excluding hydrogens is 226 g/mol. The van der Waals surface area contributed by atoms with Crippen LogP contribution in [0.4, 0.5) is 0 Å². The van der Waals surface area contributed by atoms with Gasteiger partial charge in [0.1, 0.15) is 0 Å². The number of hydrogen-bond donors (Lipinski definition) is 1. The fourth-order valence-corrected chi connectivity index (χ4v) is 2.21. The van der Waals surface area contributed by atoms with Crippen molar-refractivity contribution < 1.29 is 4.52 Å². The van der Waals surface area contributed by atoms with Crippen molar-refractivity contribution in [2.45, 2.75) is 27.2 Å². The molecule has 1 heterocycles. The van der Waals surface area contributed by atoms with Crippen LogP contribution in [0.25, 0.3) is 11.5 Å². The van der Waals surface area contributed by atoms with Gasteiger partial charge in [-0.1, -0.05) is 22.9 Å². The highest BCUT2D eigenvalue weighted by Crippen LogP contribution is 2.26. The molecule has 0 saturated heterocycles. The molecule has 0 unspecified atom stereocenters. The molecule has 18 heavy (non-hydrogen) atoms. The molecular formula is C14H19N3O. The smallest absolute Gasteiger partial charge is 0.258 e. The van der Waals surface area contributed by atoms with Crippen molar-refractivity contribution in [1.29, 1.82) is 0 Å². The van der Waals surface area contributed by atoms with E-state index >= 15 is 0 Å². The number of rotatable bonds is 4. The van der Waals surface area contributed by atoms with Crippen LogP contribution in [0.5, 0.6) is 0 Å². The molecule has 0 atom stereocenters. The molecule has 1 aromatic heterocycles. The summed E-state index contributed by atoms with van der Waals surface area (Å²) >= 11 is 0. The van der Waals surface area contributed by atoms with Crippen molar-refractivity contribution in [2.75, 3.05) is 13.6 Å². The molecule has 2 aromatic rings. The molecule has 0 aliphatic rings. The van der Waals surface area contributed by atoms with Gasteiger partial charge in [0.15, 0.2) is 5.82 Å². The lowest BCUT2D eigenvalue weighted by atomic mass is 10.00. The van der Waals surface area contributed by atoms with Gasteiger partial charge in [-0.25, -0.2) is 0 Å². The predicted octanol–water partition coefficient (Wildman–Crippen LogP) is 2.42. The van der Waals surface area contributed by atoms with Crippen LogP contribution in [0.15, 0.2) is 16.7 Å². The summed E-state index contributed by atoms with van der Waals surface area (Å²) in [5.41, 5.74) is 4.67. The highest BCUT2D eigenvalue weighted by Gasteiger charge is 2.13. The maximum atomic E-state index is 5.36. The third-order valence-electron chi connectivity index (χ3n) is 2.96. The fraction of sp³-hybridized carbons (Fsp3) is 0.429. The molecule has 4 heteroatoms. The third-order valence-corrected chi connectivity index (χ3v) is 2.96. The zero-order valence-electron chi connectivity index (χ0n) is 11.4. The van der Waals surface area contributed by atoms with Crippen LogP contribution in [-0.2, 0) is 6.42 Å². The lowest BCUT2D eigenvalue weighted by Crippen LogP contribution is -2.11. The summed E-state index contributed by atoms with van der Waals surface area (Å²) in [5, 5.41) is 7.08. The van der Waals surface area contributed by atoms with Crippen molar-refractivity contribution in [1.82, 2.24) is 15.5 Å². The third kappa shape index (κ3) is 2.59. The van der Waals surface area contributed by atoms with Gasteiger partial charge in [0, 0.05) is 18.5 Å². The van der Waals surface area contributed by atoms with E-state index in [1.807, 2.05) is 7.05 Å². The lowest BCUT2D eigenvalue weighted by Gasteiger charge is -2.06. The van der Waals surface area contributed by atoms with Crippen LogP contribution in [0, 0.1) is 20.8 Å². The minimum Gasteiger partial charge on any atom is -0.334 e. The van der Waals surface area contributed by atoms with Gasteiger partial charge < -0.3 is 9.84 Å². The maximum absolute atomic E-state index is 5.36. The van der Waals surface area contributed by atoms with Crippen LogP contribution in [-0.4, -0.2) is 23.7 Å². The molecule has 2 rings (SSSR count).